The molecule has 7 nitrogen and oxygen atoms in total. The molecule has 1 aliphatic carbocycles. The zero-order chi connectivity index (χ0) is 21.5. The number of hydrogen-bond acceptors (Lipinski definition) is 4. The predicted molar refractivity (Wildman–Crippen MR) is 118 cm³/mol. The number of carbonyl (C=O) groups excluding carboxylic acids is 3. The number of nitrogens with zero attached hydrogens (tertiary/aromatic N) is 3. The Morgan fingerprint density at radius 3 is 2.52 bits per heavy atom. The summed E-state index contributed by atoms with van der Waals surface area (Å²) < 4.78 is 0. The van der Waals surface area contributed by atoms with Gasteiger partial charge in [0.25, 0.3) is 0 Å². The van der Waals surface area contributed by atoms with Crippen LogP contribution in [0.1, 0.15) is 41.9 Å². The molecule has 1 aromatic rings. The fourth-order valence-electron chi connectivity index (χ4n) is 5.03. The molecule has 31 heavy (non-hydrogen) atoms. The van der Waals surface area contributed by atoms with E-state index in [2.05, 4.69) is 28.9 Å². The Bertz CT molecular complexity index is 925. The van der Waals surface area contributed by atoms with Gasteiger partial charge in [-0.15, -0.1) is 0 Å². The first-order valence-corrected chi connectivity index (χ1v) is 11.4. The van der Waals surface area contributed by atoms with Crippen molar-refractivity contribution >= 4 is 23.4 Å². The van der Waals surface area contributed by atoms with Crippen LogP contribution in [0.3, 0.4) is 0 Å². The van der Waals surface area contributed by atoms with Crippen LogP contribution in [0.15, 0.2) is 24.8 Å². The van der Waals surface area contributed by atoms with E-state index in [1.807, 2.05) is 9.80 Å². The second-order valence-corrected chi connectivity index (χ2v) is 9.23. The molecule has 4 aliphatic rings. The van der Waals surface area contributed by atoms with E-state index in [9.17, 15) is 14.4 Å². The number of aryl methyl sites for hydroxylation is 1. The molecular formula is C24H30N4O3. The van der Waals surface area contributed by atoms with Crippen LogP contribution < -0.4 is 5.32 Å². The zero-order valence-electron chi connectivity index (χ0n) is 17.9. The van der Waals surface area contributed by atoms with E-state index in [-0.39, 0.29) is 17.7 Å². The van der Waals surface area contributed by atoms with Crippen molar-refractivity contribution in [3.8, 4) is 0 Å². The molecule has 3 aliphatic heterocycles. The molecule has 1 saturated carbocycles. The number of hydrogen-bond donors (Lipinski definition) is 1. The zero-order valence-corrected chi connectivity index (χ0v) is 17.9. The lowest BCUT2D eigenvalue weighted by Crippen LogP contribution is -2.64. The summed E-state index contributed by atoms with van der Waals surface area (Å²) in [6.07, 6.45) is 5.42. The number of anilines is 1. The highest BCUT2D eigenvalue weighted by atomic mass is 16.2. The molecule has 0 unspecified atom stereocenters. The normalized spacial score (nSPS) is 21.5. The fourth-order valence-corrected chi connectivity index (χ4v) is 5.03. The number of nitrogens with one attached hydrogen (secondary N) is 1. The topological polar surface area (TPSA) is 73.0 Å². The van der Waals surface area contributed by atoms with Crippen LogP contribution in [-0.2, 0) is 27.2 Å². The Morgan fingerprint density at radius 2 is 1.84 bits per heavy atom. The summed E-state index contributed by atoms with van der Waals surface area (Å²) in [5.41, 5.74) is 4.47. The van der Waals surface area contributed by atoms with Crippen LogP contribution in [0.25, 0.3) is 0 Å². The number of amides is 3. The van der Waals surface area contributed by atoms with Gasteiger partial charge in [0.2, 0.25) is 17.7 Å². The summed E-state index contributed by atoms with van der Waals surface area (Å²) in [5.74, 6) is 0.869. The van der Waals surface area contributed by atoms with Gasteiger partial charge in [0, 0.05) is 57.4 Å². The highest BCUT2D eigenvalue weighted by Crippen LogP contribution is 2.43. The van der Waals surface area contributed by atoms with Gasteiger partial charge in [-0.05, 0) is 47.9 Å². The molecule has 0 bridgehead atoms. The highest BCUT2D eigenvalue weighted by Gasteiger charge is 2.36. The maximum Gasteiger partial charge on any atom is 0.246 e. The first kappa shape index (κ1) is 20.2. The number of fused-ring (bicyclic) bond motifs is 1. The third-order valence-electron chi connectivity index (χ3n) is 7.13. The van der Waals surface area contributed by atoms with Gasteiger partial charge in [-0.2, -0.15) is 0 Å². The minimum atomic E-state index is -0.00139. The van der Waals surface area contributed by atoms with Gasteiger partial charge < -0.3 is 15.1 Å². The third-order valence-corrected chi connectivity index (χ3v) is 7.13. The predicted octanol–water partition coefficient (Wildman–Crippen LogP) is 1.53. The van der Waals surface area contributed by atoms with E-state index in [0.717, 1.165) is 56.1 Å². The maximum absolute atomic E-state index is 12.9. The highest BCUT2D eigenvalue weighted by molar-refractivity contribution is 6.00. The Labute approximate surface area is 183 Å². The quantitative estimate of drug-likeness (QED) is 0.706. The van der Waals surface area contributed by atoms with Crippen LogP contribution in [0.2, 0.25) is 0 Å². The van der Waals surface area contributed by atoms with E-state index < -0.39 is 0 Å². The van der Waals surface area contributed by atoms with Gasteiger partial charge in [-0.1, -0.05) is 18.7 Å². The van der Waals surface area contributed by atoms with Crippen molar-refractivity contribution in [2.45, 2.75) is 44.1 Å². The van der Waals surface area contributed by atoms with Crippen LogP contribution in [-0.4, -0.2) is 77.7 Å². The summed E-state index contributed by atoms with van der Waals surface area (Å²) in [7, 11) is 0. The molecule has 0 spiro atoms. The van der Waals surface area contributed by atoms with Crippen LogP contribution in [0, 0.1) is 0 Å². The van der Waals surface area contributed by atoms with E-state index in [1.165, 1.54) is 24.5 Å². The van der Waals surface area contributed by atoms with Crippen LogP contribution in [0.4, 0.5) is 5.69 Å². The molecular weight excluding hydrogens is 392 g/mol. The van der Waals surface area contributed by atoms with Crippen molar-refractivity contribution in [3.05, 3.63) is 41.5 Å². The largest absolute Gasteiger partial charge is 0.340 e. The number of carbonyl (C=O) groups is 3. The summed E-state index contributed by atoms with van der Waals surface area (Å²) in [6, 6.07) is 4.79. The van der Waals surface area contributed by atoms with Crippen molar-refractivity contribution in [1.29, 1.82) is 0 Å². The average molecular weight is 423 g/mol. The van der Waals surface area contributed by atoms with Gasteiger partial charge in [-0.3, -0.25) is 19.3 Å². The molecule has 164 valence electrons. The lowest BCUT2D eigenvalue weighted by Gasteiger charge is -2.47. The van der Waals surface area contributed by atoms with Crippen molar-refractivity contribution in [1.82, 2.24) is 14.7 Å². The Kier molecular flexibility index (Phi) is 5.30. The molecule has 5 rings (SSSR count). The summed E-state index contributed by atoms with van der Waals surface area (Å²) in [6.45, 7) is 8.24. The van der Waals surface area contributed by atoms with Crippen LogP contribution >= 0.6 is 0 Å². The average Bonchev–Trinajstić information content (AvgIpc) is 3.52. The molecule has 1 N–H and O–H groups in total. The number of rotatable bonds is 6. The standard InChI is InChI=1S/C24H30N4O3/c1-2-22(30)28-14-20(15-28)26-7-9-27(10-8-26)23(31)6-5-17-11-18(16-3-4-16)12-19-13-21(29)25-24(17)19/h2,11-12,16,20H,1,3-10,13-15H2,(H,25,29). The molecule has 0 atom stereocenters. The minimum absolute atomic E-state index is 0.00139. The lowest BCUT2D eigenvalue weighted by molar-refractivity contribution is -0.136. The summed E-state index contributed by atoms with van der Waals surface area (Å²) >= 11 is 0. The molecule has 3 heterocycles. The lowest BCUT2D eigenvalue weighted by atomic mass is 9.97. The molecule has 3 fully saturated rings. The van der Waals surface area contributed by atoms with Crippen LogP contribution in [0.5, 0.6) is 0 Å². The van der Waals surface area contributed by atoms with Gasteiger partial charge in [0.1, 0.15) is 0 Å². The van der Waals surface area contributed by atoms with E-state index in [4.69, 9.17) is 0 Å². The Balaban J connectivity index is 1.13. The number of piperazine rings is 1. The van der Waals surface area contributed by atoms with Crippen molar-refractivity contribution in [2.24, 2.45) is 0 Å². The summed E-state index contributed by atoms with van der Waals surface area (Å²) in [4.78, 5) is 42.5. The minimum Gasteiger partial charge on any atom is -0.340 e. The van der Waals surface area contributed by atoms with E-state index in [0.29, 0.717) is 31.2 Å². The molecule has 2 saturated heterocycles. The molecule has 1 aromatic carbocycles. The van der Waals surface area contributed by atoms with E-state index >= 15 is 0 Å². The monoisotopic (exact) mass is 422 g/mol. The maximum atomic E-state index is 12.9. The SMILES string of the molecule is C=CC(=O)N1CC(N2CCN(C(=O)CCc3cc(C4CC4)cc4c3NC(=O)C4)CC2)C1. The number of benzene rings is 1. The van der Waals surface area contributed by atoms with Crippen molar-refractivity contribution < 1.29 is 14.4 Å². The fraction of sp³-hybridized carbons (Fsp3) is 0.542. The van der Waals surface area contributed by atoms with Gasteiger partial charge in [0.15, 0.2) is 0 Å². The second-order valence-electron chi connectivity index (χ2n) is 9.23. The first-order chi connectivity index (χ1) is 15.0. The molecule has 0 aromatic heterocycles. The molecule has 0 radical (unpaired) electrons. The van der Waals surface area contributed by atoms with Gasteiger partial charge in [-0.25, -0.2) is 0 Å². The van der Waals surface area contributed by atoms with E-state index in [1.54, 1.807) is 0 Å². The Hall–Kier alpha value is -2.67. The Morgan fingerprint density at radius 1 is 1.10 bits per heavy atom. The molecule has 3 amide bonds. The van der Waals surface area contributed by atoms with Crippen molar-refractivity contribution in [3.63, 3.8) is 0 Å². The smallest absolute Gasteiger partial charge is 0.246 e. The second kappa shape index (κ2) is 8.11. The van der Waals surface area contributed by atoms with Gasteiger partial charge in [0.05, 0.1) is 6.42 Å². The first-order valence-electron chi connectivity index (χ1n) is 11.4. The van der Waals surface area contributed by atoms with Gasteiger partial charge >= 0.3 is 0 Å². The summed E-state index contributed by atoms with van der Waals surface area (Å²) in [5, 5.41) is 3.00. The molecule has 7 heteroatoms. The third kappa shape index (κ3) is 4.11. The van der Waals surface area contributed by atoms with Crippen molar-refractivity contribution in [2.75, 3.05) is 44.6 Å². The number of likely N-dealkylation sites (tertiary alicyclic amines) is 1.